The lowest BCUT2D eigenvalue weighted by molar-refractivity contribution is -0.117. The second kappa shape index (κ2) is 4.62. The van der Waals surface area contributed by atoms with Gasteiger partial charge < -0.3 is 5.73 Å². The summed E-state index contributed by atoms with van der Waals surface area (Å²) in [4.78, 5) is 10.3. The Labute approximate surface area is 60.4 Å². The van der Waals surface area contributed by atoms with Gasteiger partial charge in [-0.3, -0.25) is 4.79 Å². The van der Waals surface area contributed by atoms with Crippen LogP contribution in [0.4, 0.5) is 0 Å². The molecule has 0 saturated heterocycles. The van der Waals surface area contributed by atoms with E-state index < -0.39 is 11.3 Å². The third kappa shape index (κ3) is 4.28. The van der Waals surface area contributed by atoms with Crippen LogP contribution in [0.15, 0.2) is 0 Å². The number of hydrogen-bond donors (Lipinski definition) is 1. The van der Waals surface area contributed by atoms with Gasteiger partial charge in [-0.1, -0.05) is 19.8 Å². The minimum absolute atomic E-state index is 0.412. The molecule has 9 heavy (non-hydrogen) atoms. The van der Waals surface area contributed by atoms with Gasteiger partial charge in [0.15, 0.2) is 0 Å². The van der Waals surface area contributed by atoms with Crippen molar-refractivity contribution >= 4 is 17.5 Å². The van der Waals surface area contributed by atoms with Crippen molar-refractivity contribution in [1.29, 1.82) is 0 Å². The Balaban J connectivity index is 3.27. The molecule has 0 saturated carbocycles. The summed E-state index contributed by atoms with van der Waals surface area (Å²) in [5.74, 6) is -0.412. The zero-order chi connectivity index (χ0) is 7.28. The van der Waals surface area contributed by atoms with E-state index in [4.69, 9.17) is 17.3 Å². The van der Waals surface area contributed by atoms with E-state index in [-0.39, 0.29) is 0 Å². The second-order valence-electron chi connectivity index (χ2n) is 2.01. The maximum atomic E-state index is 10.3. The Morgan fingerprint density at radius 3 is 2.67 bits per heavy atom. The molecule has 0 spiro atoms. The van der Waals surface area contributed by atoms with Crippen LogP contribution in [0.25, 0.3) is 0 Å². The van der Waals surface area contributed by atoms with E-state index in [2.05, 4.69) is 0 Å². The van der Waals surface area contributed by atoms with Gasteiger partial charge in [-0.15, -0.1) is 11.6 Å². The van der Waals surface area contributed by atoms with Crippen molar-refractivity contribution in [2.45, 2.75) is 31.6 Å². The lowest BCUT2D eigenvalue weighted by Crippen LogP contribution is -2.23. The summed E-state index contributed by atoms with van der Waals surface area (Å²) < 4.78 is 0. The third-order valence-corrected chi connectivity index (χ3v) is 1.55. The van der Waals surface area contributed by atoms with Crippen LogP contribution in [0.2, 0.25) is 0 Å². The average molecular weight is 150 g/mol. The molecule has 1 unspecified atom stereocenters. The number of alkyl halides is 1. The first-order valence-electron chi connectivity index (χ1n) is 3.12. The molecular formula is C6H12ClNO. The van der Waals surface area contributed by atoms with Crippen molar-refractivity contribution in [3.8, 4) is 0 Å². The molecule has 0 bridgehead atoms. The van der Waals surface area contributed by atoms with Crippen molar-refractivity contribution in [3.05, 3.63) is 0 Å². The molecular weight excluding hydrogens is 138 g/mol. The highest BCUT2D eigenvalue weighted by molar-refractivity contribution is 6.30. The lowest BCUT2D eigenvalue weighted by Gasteiger charge is -2.01. The SMILES string of the molecule is CCCCC(Cl)C(N)=O. The van der Waals surface area contributed by atoms with E-state index >= 15 is 0 Å². The van der Waals surface area contributed by atoms with Crippen LogP contribution < -0.4 is 5.73 Å². The van der Waals surface area contributed by atoms with Gasteiger partial charge in [-0.05, 0) is 6.42 Å². The van der Waals surface area contributed by atoms with Gasteiger partial charge in [0.2, 0.25) is 5.91 Å². The molecule has 1 amide bonds. The highest BCUT2D eigenvalue weighted by Crippen LogP contribution is 2.05. The third-order valence-electron chi connectivity index (χ3n) is 1.12. The number of hydrogen-bond acceptors (Lipinski definition) is 1. The number of halogens is 1. The van der Waals surface area contributed by atoms with E-state index in [0.717, 1.165) is 12.8 Å². The fourth-order valence-electron chi connectivity index (χ4n) is 0.526. The number of primary amides is 1. The summed E-state index contributed by atoms with van der Waals surface area (Å²) in [6, 6.07) is 0. The molecule has 2 nitrogen and oxygen atoms in total. The van der Waals surface area contributed by atoms with Crippen molar-refractivity contribution in [2.24, 2.45) is 5.73 Å². The lowest BCUT2D eigenvalue weighted by atomic mass is 10.2. The normalized spacial score (nSPS) is 13.1. The number of carbonyl (C=O) groups excluding carboxylic acids is 1. The van der Waals surface area contributed by atoms with Gasteiger partial charge in [0.1, 0.15) is 5.38 Å². The van der Waals surface area contributed by atoms with Crippen LogP contribution in [-0.4, -0.2) is 11.3 Å². The number of amides is 1. The Morgan fingerprint density at radius 2 is 2.33 bits per heavy atom. The molecule has 0 aromatic heterocycles. The summed E-state index contributed by atoms with van der Waals surface area (Å²) in [5.41, 5.74) is 4.91. The summed E-state index contributed by atoms with van der Waals surface area (Å²) in [6.07, 6.45) is 2.72. The Bertz CT molecular complexity index is 95.1. The van der Waals surface area contributed by atoms with E-state index in [9.17, 15) is 4.79 Å². The summed E-state index contributed by atoms with van der Waals surface area (Å²) >= 11 is 5.52. The predicted octanol–water partition coefficient (Wildman–Crippen LogP) is 1.27. The first-order chi connectivity index (χ1) is 4.18. The highest BCUT2D eigenvalue weighted by Gasteiger charge is 2.08. The van der Waals surface area contributed by atoms with Crippen molar-refractivity contribution in [3.63, 3.8) is 0 Å². The van der Waals surface area contributed by atoms with Crippen LogP contribution in [0.5, 0.6) is 0 Å². The molecule has 0 heterocycles. The molecule has 0 rings (SSSR count). The maximum Gasteiger partial charge on any atom is 0.235 e. The molecule has 1 atom stereocenters. The minimum atomic E-state index is -0.468. The van der Waals surface area contributed by atoms with Crippen LogP contribution in [0, 0.1) is 0 Å². The molecule has 0 aromatic carbocycles. The monoisotopic (exact) mass is 149 g/mol. The van der Waals surface area contributed by atoms with E-state index in [1.54, 1.807) is 0 Å². The molecule has 3 heteroatoms. The quantitative estimate of drug-likeness (QED) is 0.601. The minimum Gasteiger partial charge on any atom is -0.368 e. The van der Waals surface area contributed by atoms with E-state index in [1.165, 1.54) is 0 Å². The average Bonchev–Trinajstić information content (AvgIpc) is 1.82. The first-order valence-corrected chi connectivity index (χ1v) is 3.55. The molecule has 0 aromatic rings. The van der Waals surface area contributed by atoms with Gasteiger partial charge in [0.25, 0.3) is 0 Å². The van der Waals surface area contributed by atoms with Gasteiger partial charge >= 0.3 is 0 Å². The summed E-state index contributed by atoms with van der Waals surface area (Å²) in [5, 5.41) is -0.468. The van der Waals surface area contributed by atoms with Crippen LogP contribution in [-0.2, 0) is 4.79 Å². The van der Waals surface area contributed by atoms with Gasteiger partial charge in [0.05, 0.1) is 0 Å². The summed E-state index contributed by atoms with van der Waals surface area (Å²) in [6.45, 7) is 2.05. The zero-order valence-corrected chi connectivity index (χ0v) is 6.32. The van der Waals surface area contributed by atoms with Crippen LogP contribution in [0.1, 0.15) is 26.2 Å². The van der Waals surface area contributed by atoms with Crippen LogP contribution in [0.3, 0.4) is 0 Å². The standard InChI is InChI=1S/C6H12ClNO/c1-2-3-4-5(7)6(8)9/h5H,2-4H2,1H3,(H2,8,9). The molecule has 0 radical (unpaired) electrons. The second-order valence-corrected chi connectivity index (χ2v) is 2.54. The van der Waals surface area contributed by atoms with Gasteiger partial charge in [0, 0.05) is 0 Å². The topological polar surface area (TPSA) is 43.1 Å². The fourth-order valence-corrected chi connectivity index (χ4v) is 0.680. The zero-order valence-electron chi connectivity index (χ0n) is 5.56. The first kappa shape index (κ1) is 8.76. The fraction of sp³-hybridized carbons (Fsp3) is 0.833. The Morgan fingerprint density at radius 1 is 1.78 bits per heavy atom. The predicted molar refractivity (Wildman–Crippen MR) is 38.4 cm³/mol. The van der Waals surface area contributed by atoms with Crippen LogP contribution >= 0.6 is 11.6 Å². The number of unbranched alkanes of at least 4 members (excludes halogenated alkanes) is 1. The molecule has 54 valence electrons. The highest BCUT2D eigenvalue weighted by atomic mass is 35.5. The molecule has 0 fully saturated rings. The number of rotatable bonds is 4. The summed E-state index contributed by atoms with van der Waals surface area (Å²) in [7, 11) is 0. The molecule has 0 aliphatic rings. The molecule has 0 aliphatic carbocycles. The van der Waals surface area contributed by atoms with Crippen molar-refractivity contribution < 1.29 is 4.79 Å². The Hall–Kier alpha value is -0.240. The Kier molecular flexibility index (Phi) is 4.50. The molecule has 2 N–H and O–H groups in total. The van der Waals surface area contributed by atoms with E-state index in [0.29, 0.717) is 6.42 Å². The smallest absolute Gasteiger partial charge is 0.235 e. The van der Waals surface area contributed by atoms with Crippen molar-refractivity contribution in [2.75, 3.05) is 0 Å². The number of nitrogens with two attached hydrogens (primary N) is 1. The van der Waals surface area contributed by atoms with Gasteiger partial charge in [-0.25, -0.2) is 0 Å². The van der Waals surface area contributed by atoms with Crippen molar-refractivity contribution in [1.82, 2.24) is 0 Å². The van der Waals surface area contributed by atoms with Gasteiger partial charge in [-0.2, -0.15) is 0 Å². The number of carbonyl (C=O) groups is 1. The maximum absolute atomic E-state index is 10.3. The largest absolute Gasteiger partial charge is 0.368 e. The molecule has 0 aliphatic heterocycles. The van der Waals surface area contributed by atoms with E-state index in [1.807, 2.05) is 6.92 Å².